The summed E-state index contributed by atoms with van der Waals surface area (Å²) in [6.07, 6.45) is 1.17. The van der Waals surface area contributed by atoms with Crippen LogP contribution in [0.1, 0.15) is 71.4 Å². The van der Waals surface area contributed by atoms with Crippen LogP contribution < -0.4 is 20.4 Å². The van der Waals surface area contributed by atoms with Crippen LogP contribution in [0, 0.1) is 0 Å². The van der Waals surface area contributed by atoms with E-state index in [9.17, 15) is 14.4 Å². The normalized spacial score (nSPS) is 13.7. The first-order valence-corrected chi connectivity index (χ1v) is 13.7. The summed E-state index contributed by atoms with van der Waals surface area (Å²) in [6.45, 7) is 7.05. The van der Waals surface area contributed by atoms with E-state index in [1.165, 1.54) is 18.7 Å². The van der Waals surface area contributed by atoms with Gasteiger partial charge in [0.05, 0.1) is 12.7 Å². The van der Waals surface area contributed by atoms with Crippen LogP contribution in [0.3, 0.4) is 0 Å². The van der Waals surface area contributed by atoms with Gasteiger partial charge in [0, 0.05) is 25.2 Å². The minimum atomic E-state index is -0.548. The predicted molar refractivity (Wildman–Crippen MR) is 155 cm³/mol. The molecule has 4 rings (SSSR count). The quantitative estimate of drug-likeness (QED) is 0.355. The molecule has 3 aromatic carbocycles. The number of carbonyl (C=O) groups is 3. The predicted octanol–water partition coefficient (Wildman–Crippen LogP) is 5.46. The lowest BCUT2D eigenvalue weighted by atomic mass is 9.88. The van der Waals surface area contributed by atoms with Crippen molar-refractivity contribution in [2.24, 2.45) is 0 Å². The van der Waals surface area contributed by atoms with E-state index in [1.54, 1.807) is 36.4 Å². The van der Waals surface area contributed by atoms with E-state index in [-0.39, 0.29) is 11.5 Å². The van der Waals surface area contributed by atoms with Gasteiger partial charge in [-0.25, -0.2) is 4.79 Å². The molecule has 9 nitrogen and oxygen atoms in total. The van der Waals surface area contributed by atoms with E-state index in [4.69, 9.17) is 14.3 Å². The number of nitrogens with one attached hydrogen (secondary N) is 2. The van der Waals surface area contributed by atoms with Crippen molar-refractivity contribution in [2.45, 2.75) is 51.7 Å². The van der Waals surface area contributed by atoms with Gasteiger partial charge in [-0.1, -0.05) is 42.5 Å². The van der Waals surface area contributed by atoms with Crippen LogP contribution in [0.4, 0.5) is 4.79 Å². The molecule has 1 aliphatic heterocycles. The van der Waals surface area contributed by atoms with Gasteiger partial charge in [0.2, 0.25) is 0 Å². The number of likely N-dealkylation sites (tertiary alicyclic amines) is 1. The molecule has 0 radical (unpaired) electrons. The average Bonchev–Trinajstić information content (AvgIpc) is 2.98. The number of para-hydroxylation sites is 1. The molecule has 1 fully saturated rings. The number of amides is 3. The minimum Gasteiger partial charge on any atom is -0.496 e. The van der Waals surface area contributed by atoms with Crippen molar-refractivity contribution < 1.29 is 28.7 Å². The highest BCUT2D eigenvalue weighted by Gasteiger charge is 2.26. The number of hydrogen-bond acceptors (Lipinski definition) is 6. The Bertz CT molecular complexity index is 1360. The van der Waals surface area contributed by atoms with Crippen molar-refractivity contribution in [2.75, 3.05) is 20.2 Å². The van der Waals surface area contributed by atoms with Crippen molar-refractivity contribution in [3.63, 3.8) is 0 Å². The Labute approximate surface area is 240 Å². The Hall–Kier alpha value is -4.53. The molecule has 3 amide bonds. The van der Waals surface area contributed by atoms with Gasteiger partial charge in [0.1, 0.15) is 11.4 Å². The molecule has 0 bridgehead atoms. The lowest BCUT2D eigenvalue weighted by molar-refractivity contribution is 0.0523. The molecular weight excluding hydrogens is 522 g/mol. The van der Waals surface area contributed by atoms with Crippen molar-refractivity contribution in [3.8, 4) is 11.5 Å². The van der Waals surface area contributed by atoms with Gasteiger partial charge in [-0.05, 0) is 81.0 Å². The Kier molecular flexibility index (Phi) is 9.49. The molecule has 3 aromatic rings. The van der Waals surface area contributed by atoms with Crippen molar-refractivity contribution in [3.05, 3.63) is 95.1 Å². The third kappa shape index (κ3) is 8.23. The van der Waals surface area contributed by atoms with Gasteiger partial charge in [0.25, 0.3) is 11.8 Å². The Morgan fingerprint density at radius 3 is 2.34 bits per heavy atom. The molecule has 0 aliphatic carbocycles. The van der Waals surface area contributed by atoms with Gasteiger partial charge in [-0.2, -0.15) is 5.48 Å². The second-order valence-electron chi connectivity index (χ2n) is 10.9. The summed E-state index contributed by atoms with van der Waals surface area (Å²) in [7, 11) is 1.47. The largest absolute Gasteiger partial charge is 0.496 e. The van der Waals surface area contributed by atoms with Crippen molar-refractivity contribution >= 4 is 17.9 Å². The highest BCUT2D eigenvalue weighted by molar-refractivity contribution is 6.01. The first kappa shape index (κ1) is 29.5. The van der Waals surface area contributed by atoms with Gasteiger partial charge >= 0.3 is 6.09 Å². The molecule has 0 unspecified atom stereocenters. The van der Waals surface area contributed by atoms with Gasteiger partial charge in [0.15, 0.2) is 5.75 Å². The van der Waals surface area contributed by atoms with Crippen LogP contribution in [0.15, 0.2) is 72.8 Å². The summed E-state index contributed by atoms with van der Waals surface area (Å²) in [4.78, 5) is 45.4. The van der Waals surface area contributed by atoms with Gasteiger partial charge < -0.3 is 24.5 Å². The van der Waals surface area contributed by atoms with E-state index < -0.39 is 17.6 Å². The molecule has 2 N–H and O–H groups in total. The zero-order chi connectivity index (χ0) is 29.4. The Balaban J connectivity index is 1.35. The summed E-state index contributed by atoms with van der Waals surface area (Å²) in [5, 5.41) is 2.80. The summed E-state index contributed by atoms with van der Waals surface area (Å²) in [5.74, 6) is 0.475. The molecule has 9 heteroatoms. The Morgan fingerprint density at radius 1 is 0.927 bits per heavy atom. The fourth-order valence-corrected chi connectivity index (χ4v) is 4.71. The van der Waals surface area contributed by atoms with Crippen LogP contribution >= 0.6 is 0 Å². The standard InChI is InChI=1S/C32H37N3O6/c1-32(2,3)40-31(38)33-21-22-9-8-10-24(19-22)23-15-17-35(18-16-23)30(37)25-13-14-28(39-4)27(20-25)29(36)34-41-26-11-6-5-7-12-26/h5-14,19-20,23H,15-18,21H2,1-4H3,(H,33,38)(H,34,36). The number of nitrogens with zero attached hydrogens (tertiary/aromatic N) is 1. The van der Waals surface area contributed by atoms with Crippen molar-refractivity contribution in [1.82, 2.24) is 15.7 Å². The number of methoxy groups -OCH3 is 1. The van der Waals surface area contributed by atoms with Crippen molar-refractivity contribution in [1.29, 1.82) is 0 Å². The van der Waals surface area contributed by atoms with E-state index in [1.807, 2.05) is 43.9 Å². The average molecular weight is 560 g/mol. The third-order valence-electron chi connectivity index (χ3n) is 6.74. The highest BCUT2D eigenvalue weighted by Crippen LogP contribution is 2.30. The number of carbonyl (C=O) groups excluding carboxylic acids is 3. The van der Waals surface area contributed by atoms with Gasteiger partial charge in [-0.15, -0.1) is 0 Å². The smallest absolute Gasteiger partial charge is 0.407 e. The number of benzene rings is 3. The zero-order valence-electron chi connectivity index (χ0n) is 23.9. The SMILES string of the molecule is COc1ccc(C(=O)N2CCC(c3cccc(CNC(=O)OC(C)(C)C)c3)CC2)cc1C(=O)NOc1ccccc1. The lowest BCUT2D eigenvalue weighted by Gasteiger charge is -2.32. The van der Waals surface area contributed by atoms with E-state index in [0.29, 0.717) is 42.6 Å². The van der Waals surface area contributed by atoms with Crippen LogP contribution in [0.5, 0.6) is 11.5 Å². The fraction of sp³-hybridized carbons (Fsp3) is 0.344. The maximum atomic E-state index is 13.4. The summed E-state index contributed by atoms with van der Waals surface area (Å²) in [6, 6.07) is 21.9. The molecule has 216 valence electrons. The molecule has 0 aromatic heterocycles. The summed E-state index contributed by atoms with van der Waals surface area (Å²) >= 11 is 0. The zero-order valence-corrected chi connectivity index (χ0v) is 23.9. The molecule has 41 heavy (non-hydrogen) atoms. The third-order valence-corrected chi connectivity index (χ3v) is 6.74. The summed E-state index contributed by atoms with van der Waals surface area (Å²) < 4.78 is 10.7. The molecule has 1 saturated heterocycles. The molecule has 0 spiro atoms. The molecular formula is C32H37N3O6. The maximum Gasteiger partial charge on any atom is 0.407 e. The highest BCUT2D eigenvalue weighted by atomic mass is 16.7. The second kappa shape index (κ2) is 13.2. The maximum absolute atomic E-state index is 13.4. The fourth-order valence-electron chi connectivity index (χ4n) is 4.71. The van der Waals surface area contributed by atoms with E-state index in [2.05, 4.69) is 22.9 Å². The van der Waals surface area contributed by atoms with Crippen LogP contribution in [0.25, 0.3) is 0 Å². The lowest BCUT2D eigenvalue weighted by Crippen LogP contribution is -2.38. The number of alkyl carbamates (subject to hydrolysis) is 1. The van der Waals surface area contributed by atoms with E-state index >= 15 is 0 Å². The molecule has 0 atom stereocenters. The number of hydrogen-bond donors (Lipinski definition) is 2. The number of ether oxygens (including phenoxy) is 2. The second-order valence-corrected chi connectivity index (χ2v) is 10.9. The number of piperidine rings is 1. The molecule has 1 aliphatic rings. The number of hydroxylamine groups is 1. The minimum absolute atomic E-state index is 0.139. The molecule has 0 saturated carbocycles. The van der Waals surface area contributed by atoms with Gasteiger partial charge in [-0.3, -0.25) is 9.59 Å². The first-order valence-electron chi connectivity index (χ1n) is 13.7. The number of rotatable bonds is 8. The topological polar surface area (TPSA) is 106 Å². The first-order chi connectivity index (χ1) is 19.6. The Morgan fingerprint density at radius 2 is 1.66 bits per heavy atom. The van der Waals surface area contributed by atoms with Crippen LogP contribution in [-0.4, -0.2) is 48.6 Å². The van der Waals surface area contributed by atoms with Crippen LogP contribution in [-0.2, 0) is 11.3 Å². The molecule has 1 heterocycles. The summed E-state index contributed by atoms with van der Waals surface area (Å²) in [5.41, 5.74) is 4.66. The van der Waals surface area contributed by atoms with Crippen LogP contribution in [0.2, 0.25) is 0 Å². The van der Waals surface area contributed by atoms with E-state index in [0.717, 1.165) is 18.4 Å². The monoisotopic (exact) mass is 559 g/mol.